The lowest BCUT2D eigenvalue weighted by Gasteiger charge is -2.19. The van der Waals surface area contributed by atoms with Crippen LogP contribution in [0.15, 0.2) is 22.7 Å². The van der Waals surface area contributed by atoms with Gasteiger partial charge in [0.15, 0.2) is 11.5 Å². The SMILES string of the molecule is OCCc1cc(-c2cc(Cl)c3c(c2)OCCO3)no1. The third kappa shape index (κ3) is 2.39. The van der Waals surface area contributed by atoms with Crippen molar-refractivity contribution in [1.82, 2.24) is 5.16 Å². The minimum absolute atomic E-state index is 0.0243. The van der Waals surface area contributed by atoms with Gasteiger partial charge in [-0.1, -0.05) is 16.8 Å². The first-order valence-corrected chi connectivity index (χ1v) is 6.31. The molecule has 1 aromatic carbocycles. The summed E-state index contributed by atoms with van der Waals surface area (Å²) in [5.41, 5.74) is 1.45. The van der Waals surface area contributed by atoms with Crippen molar-refractivity contribution in [2.24, 2.45) is 0 Å². The van der Waals surface area contributed by atoms with E-state index in [9.17, 15) is 0 Å². The van der Waals surface area contributed by atoms with Gasteiger partial charge in [0.25, 0.3) is 0 Å². The molecular formula is C13H12ClNO4. The minimum atomic E-state index is 0.0243. The molecule has 0 atom stereocenters. The van der Waals surface area contributed by atoms with Gasteiger partial charge >= 0.3 is 0 Å². The molecule has 3 rings (SSSR count). The van der Waals surface area contributed by atoms with Gasteiger partial charge in [0.1, 0.15) is 24.7 Å². The van der Waals surface area contributed by atoms with E-state index in [1.165, 1.54) is 0 Å². The van der Waals surface area contributed by atoms with Crippen LogP contribution in [0.25, 0.3) is 11.3 Å². The van der Waals surface area contributed by atoms with Crippen LogP contribution in [-0.2, 0) is 6.42 Å². The van der Waals surface area contributed by atoms with E-state index in [1.807, 2.05) is 6.07 Å². The molecular weight excluding hydrogens is 270 g/mol. The topological polar surface area (TPSA) is 64.7 Å². The summed E-state index contributed by atoms with van der Waals surface area (Å²) < 4.78 is 16.1. The molecule has 0 spiro atoms. The molecule has 5 nitrogen and oxygen atoms in total. The molecule has 0 saturated carbocycles. The van der Waals surface area contributed by atoms with Crippen LogP contribution in [-0.4, -0.2) is 30.1 Å². The lowest BCUT2D eigenvalue weighted by atomic mass is 10.1. The van der Waals surface area contributed by atoms with Crippen LogP contribution in [0.3, 0.4) is 0 Å². The Bertz CT molecular complexity index is 596. The zero-order chi connectivity index (χ0) is 13.2. The third-order valence-electron chi connectivity index (χ3n) is 2.81. The van der Waals surface area contributed by atoms with Crippen LogP contribution in [0.4, 0.5) is 0 Å². The maximum atomic E-state index is 8.86. The Balaban J connectivity index is 1.97. The summed E-state index contributed by atoms with van der Waals surface area (Å²) in [6, 6.07) is 5.36. The first-order valence-electron chi connectivity index (χ1n) is 5.94. The van der Waals surface area contributed by atoms with Crippen LogP contribution in [0.5, 0.6) is 11.5 Å². The van der Waals surface area contributed by atoms with Crippen LogP contribution in [0, 0.1) is 0 Å². The second kappa shape index (κ2) is 5.11. The molecule has 2 heterocycles. The lowest BCUT2D eigenvalue weighted by Crippen LogP contribution is -2.15. The third-order valence-corrected chi connectivity index (χ3v) is 3.09. The average Bonchev–Trinajstić information content (AvgIpc) is 2.88. The largest absolute Gasteiger partial charge is 0.486 e. The lowest BCUT2D eigenvalue weighted by molar-refractivity contribution is 0.172. The zero-order valence-electron chi connectivity index (χ0n) is 10.1. The van der Waals surface area contributed by atoms with Crippen molar-refractivity contribution in [3.05, 3.63) is 29.0 Å². The van der Waals surface area contributed by atoms with E-state index >= 15 is 0 Å². The zero-order valence-corrected chi connectivity index (χ0v) is 10.8. The average molecular weight is 282 g/mol. The van der Waals surface area contributed by atoms with Crippen molar-refractivity contribution in [1.29, 1.82) is 0 Å². The summed E-state index contributed by atoms with van der Waals surface area (Å²) in [6.45, 7) is 1.02. The van der Waals surface area contributed by atoms with Crippen LogP contribution in [0.2, 0.25) is 5.02 Å². The summed E-state index contributed by atoms with van der Waals surface area (Å²) in [4.78, 5) is 0. The second-order valence-corrected chi connectivity index (χ2v) is 4.54. The molecule has 0 bridgehead atoms. The maximum Gasteiger partial charge on any atom is 0.179 e. The Morgan fingerprint density at radius 3 is 2.89 bits per heavy atom. The van der Waals surface area contributed by atoms with Crippen molar-refractivity contribution < 1.29 is 19.1 Å². The van der Waals surface area contributed by atoms with E-state index in [2.05, 4.69) is 5.16 Å². The standard InChI is InChI=1S/C13H12ClNO4/c14-10-5-8(6-12-13(10)18-4-3-17-12)11-7-9(1-2-16)19-15-11/h5-7,16H,1-4H2. The van der Waals surface area contributed by atoms with E-state index in [-0.39, 0.29) is 6.61 Å². The Hall–Kier alpha value is -1.72. The fourth-order valence-corrected chi connectivity index (χ4v) is 2.20. The van der Waals surface area contributed by atoms with Crippen molar-refractivity contribution >= 4 is 11.6 Å². The van der Waals surface area contributed by atoms with Crippen molar-refractivity contribution in [2.45, 2.75) is 6.42 Å². The molecule has 0 radical (unpaired) electrons. The number of aliphatic hydroxyl groups is 1. The molecule has 1 aromatic heterocycles. The first kappa shape index (κ1) is 12.3. The molecule has 0 aliphatic carbocycles. The molecule has 0 saturated heterocycles. The van der Waals surface area contributed by atoms with Gasteiger partial charge in [0.2, 0.25) is 0 Å². The minimum Gasteiger partial charge on any atom is -0.486 e. The molecule has 1 aliphatic rings. The maximum absolute atomic E-state index is 8.86. The first-order chi connectivity index (χ1) is 9.28. The normalized spacial score (nSPS) is 13.6. The van der Waals surface area contributed by atoms with Crippen molar-refractivity contribution in [3.8, 4) is 22.8 Å². The molecule has 6 heteroatoms. The van der Waals surface area contributed by atoms with Gasteiger partial charge in [-0.3, -0.25) is 0 Å². The number of rotatable bonds is 3. The number of hydrogen-bond donors (Lipinski definition) is 1. The fraction of sp³-hybridized carbons (Fsp3) is 0.308. The van der Waals surface area contributed by atoms with Crippen LogP contribution < -0.4 is 9.47 Å². The van der Waals surface area contributed by atoms with Crippen molar-refractivity contribution in [3.63, 3.8) is 0 Å². The monoisotopic (exact) mass is 281 g/mol. The fourth-order valence-electron chi connectivity index (χ4n) is 1.94. The number of fused-ring (bicyclic) bond motifs is 1. The number of aromatic nitrogens is 1. The number of nitrogens with zero attached hydrogens (tertiary/aromatic N) is 1. The smallest absolute Gasteiger partial charge is 0.179 e. The van der Waals surface area contributed by atoms with Crippen LogP contribution >= 0.6 is 11.6 Å². The highest BCUT2D eigenvalue weighted by molar-refractivity contribution is 6.32. The van der Waals surface area contributed by atoms with Gasteiger partial charge in [-0.15, -0.1) is 0 Å². The summed E-state index contributed by atoms with van der Waals surface area (Å²) in [5.74, 6) is 1.81. The Morgan fingerprint density at radius 1 is 1.21 bits per heavy atom. The molecule has 19 heavy (non-hydrogen) atoms. The second-order valence-electron chi connectivity index (χ2n) is 4.13. The van der Waals surface area contributed by atoms with Crippen molar-refractivity contribution in [2.75, 3.05) is 19.8 Å². The van der Waals surface area contributed by atoms with E-state index in [0.29, 0.717) is 47.6 Å². The molecule has 0 unspecified atom stereocenters. The van der Waals surface area contributed by atoms with Gasteiger partial charge in [0.05, 0.1) is 11.6 Å². The Morgan fingerprint density at radius 2 is 2.05 bits per heavy atom. The predicted molar refractivity (Wildman–Crippen MR) is 68.7 cm³/mol. The van der Waals surface area contributed by atoms with Gasteiger partial charge in [-0.25, -0.2) is 0 Å². The number of halogens is 1. The number of ether oxygens (including phenoxy) is 2. The van der Waals surface area contributed by atoms with Gasteiger partial charge in [0, 0.05) is 18.1 Å². The summed E-state index contributed by atoms with van der Waals surface area (Å²) in [5, 5.41) is 13.3. The highest BCUT2D eigenvalue weighted by Crippen LogP contribution is 2.40. The van der Waals surface area contributed by atoms with E-state index in [1.54, 1.807) is 12.1 Å². The highest BCUT2D eigenvalue weighted by atomic mass is 35.5. The molecule has 100 valence electrons. The number of benzene rings is 1. The quantitative estimate of drug-likeness (QED) is 0.935. The summed E-state index contributed by atoms with van der Waals surface area (Å²) in [7, 11) is 0. The molecule has 1 aliphatic heterocycles. The number of hydrogen-bond acceptors (Lipinski definition) is 5. The van der Waals surface area contributed by atoms with Gasteiger partial charge in [-0.2, -0.15) is 0 Å². The van der Waals surface area contributed by atoms with Gasteiger partial charge < -0.3 is 19.1 Å². The molecule has 2 aromatic rings. The Kier molecular flexibility index (Phi) is 3.31. The summed E-state index contributed by atoms with van der Waals surface area (Å²) in [6.07, 6.45) is 0.436. The van der Waals surface area contributed by atoms with E-state index in [0.717, 1.165) is 5.56 Å². The predicted octanol–water partition coefficient (Wildman–Crippen LogP) is 2.30. The van der Waals surface area contributed by atoms with Gasteiger partial charge in [-0.05, 0) is 12.1 Å². The van der Waals surface area contributed by atoms with E-state index < -0.39 is 0 Å². The highest BCUT2D eigenvalue weighted by Gasteiger charge is 2.18. The number of aliphatic hydroxyl groups excluding tert-OH is 1. The Labute approximate surface area is 114 Å². The van der Waals surface area contributed by atoms with Crippen LogP contribution in [0.1, 0.15) is 5.76 Å². The summed E-state index contributed by atoms with van der Waals surface area (Å²) >= 11 is 6.16. The van der Waals surface area contributed by atoms with E-state index in [4.69, 9.17) is 30.7 Å². The molecule has 0 fully saturated rings. The molecule has 0 amide bonds. The molecule has 1 N–H and O–H groups in total.